The Balaban J connectivity index is 3.60. The second-order valence-electron chi connectivity index (χ2n) is 5.67. The zero-order valence-electron chi connectivity index (χ0n) is 11.0. The molecule has 0 saturated carbocycles. The third kappa shape index (κ3) is 7.41. The Morgan fingerprint density at radius 1 is 1.00 bits per heavy atom. The summed E-state index contributed by atoms with van der Waals surface area (Å²) < 4.78 is 0. The van der Waals surface area contributed by atoms with Crippen LogP contribution < -0.4 is 0 Å². The van der Waals surface area contributed by atoms with Crippen LogP contribution in [-0.4, -0.2) is 0 Å². The zero-order chi connectivity index (χ0) is 11.0. The zero-order valence-corrected chi connectivity index (χ0v) is 11.0. The fourth-order valence-electron chi connectivity index (χ4n) is 1.82. The van der Waals surface area contributed by atoms with Crippen molar-refractivity contribution in [2.45, 2.75) is 79.6 Å². The van der Waals surface area contributed by atoms with Gasteiger partial charge in [-0.2, -0.15) is 0 Å². The predicted molar refractivity (Wildman–Crippen MR) is 66.6 cm³/mol. The van der Waals surface area contributed by atoms with Gasteiger partial charge in [-0.05, 0) is 24.2 Å². The first kappa shape index (κ1) is 14.0. The van der Waals surface area contributed by atoms with Crippen molar-refractivity contribution in [1.29, 1.82) is 0 Å². The first-order valence-electron chi connectivity index (χ1n) is 6.52. The van der Waals surface area contributed by atoms with Crippen molar-refractivity contribution in [3.05, 3.63) is 0 Å². The number of hydrogen-bond donors (Lipinski definition) is 0. The lowest BCUT2D eigenvalue weighted by Gasteiger charge is -2.26. The van der Waals surface area contributed by atoms with Gasteiger partial charge < -0.3 is 0 Å². The highest BCUT2D eigenvalue weighted by atomic mass is 14.2. The molecule has 1 atom stereocenters. The lowest BCUT2D eigenvalue weighted by molar-refractivity contribution is 0.266. The standard InChI is InChI=1S/C14H30/c1-6-8-9-11-14(4,5)12-10-13(3)7-2/h13H,6-12H2,1-5H3. The van der Waals surface area contributed by atoms with E-state index in [0.29, 0.717) is 5.41 Å². The van der Waals surface area contributed by atoms with Crippen molar-refractivity contribution in [3.63, 3.8) is 0 Å². The van der Waals surface area contributed by atoms with E-state index >= 15 is 0 Å². The van der Waals surface area contributed by atoms with E-state index in [4.69, 9.17) is 0 Å². The molecule has 0 spiro atoms. The average molecular weight is 198 g/mol. The second-order valence-corrected chi connectivity index (χ2v) is 5.67. The Bertz CT molecular complexity index is 124. The summed E-state index contributed by atoms with van der Waals surface area (Å²) in [4.78, 5) is 0. The van der Waals surface area contributed by atoms with Crippen LogP contribution in [-0.2, 0) is 0 Å². The van der Waals surface area contributed by atoms with E-state index in [2.05, 4.69) is 34.6 Å². The highest BCUT2D eigenvalue weighted by molar-refractivity contribution is 4.69. The fraction of sp³-hybridized carbons (Fsp3) is 1.00. The molecule has 0 aliphatic heterocycles. The summed E-state index contributed by atoms with van der Waals surface area (Å²) in [6, 6.07) is 0. The first-order valence-corrected chi connectivity index (χ1v) is 6.52. The summed E-state index contributed by atoms with van der Waals surface area (Å²) in [5, 5.41) is 0. The van der Waals surface area contributed by atoms with Crippen LogP contribution in [0.2, 0.25) is 0 Å². The number of unbranched alkanes of at least 4 members (excludes halogenated alkanes) is 2. The van der Waals surface area contributed by atoms with Gasteiger partial charge in [0.2, 0.25) is 0 Å². The highest BCUT2D eigenvalue weighted by Gasteiger charge is 2.17. The molecular weight excluding hydrogens is 168 g/mol. The van der Waals surface area contributed by atoms with E-state index in [1.807, 2.05) is 0 Å². The van der Waals surface area contributed by atoms with Crippen LogP contribution in [0, 0.1) is 11.3 Å². The molecule has 0 heteroatoms. The van der Waals surface area contributed by atoms with Gasteiger partial charge in [0.25, 0.3) is 0 Å². The van der Waals surface area contributed by atoms with Crippen molar-refractivity contribution in [2.75, 3.05) is 0 Å². The van der Waals surface area contributed by atoms with Crippen molar-refractivity contribution < 1.29 is 0 Å². The Labute approximate surface area is 91.5 Å². The summed E-state index contributed by atoms with van der Waals surface area (Å²) in [5.74, 6) is 0.917. The molecule has 0 fully saturated rings. The molecule has 0 aliphatic carbocycles. The van der Waals surface area contributed by atoms with Gasteiger partial charge in [0.05, 0.1) is 0 Å². The number of rotatable bonds is 8. The van der Waals surface area contributed by atoms with E-state index in [1.54, 1.807) is 0 Å². The second kappa shape index (κ2) is 7.31. The molecule has 0 amide bonds. The molecule has 14 heavy (non-hydrogen) atoms. The molecule has 0 heterocycles. The van der Waals surface area contributed by atoms with E-state index < -0.39 is 0 Å². The molecule has 0 saturated heterocycles. The van der Waals surface area contributed by atoms with E-state index in [1.165, 1.54) is 44.9 Å². The molecule has 0 aliphatic rings. The molecule has 86 valence electrons. The van der Waals surface area contributed by atoms with Crippen LogP contribution in [0.4, 0.5) is 0 Å². The first-order chi connectivity index (χ1) is 6.52. The Morgan fingerprint density at radius 3 is 2.14 bits per heavy atom. The topological polar surface area (TPSA) is 0 Å². The fourth-order valence-corrected chi connectivity index (χ4v) is 1.82. The lowest BCUT2D eigenvalue weighted by atomic mass is 9.80. The molecule has 0 rings (SSSR count). The van der Waals surface area contributed by atoms with Gasteiger partial charge in [-0.1, -0.05) is 66.7 Å². The van der Waals surface area contributed by atoms with Crippen LogP contribution in [0.1, 0.15) is 79.6 Å². The SMILES string of the molecule is CCCCCC(C)(C)CCC(C)CC. The maximum atomic E-state index is 2.44. The summed E-state index contributed by atoms with van der Waals surface area (Å²) in [5.41, 5.74) is 0.582. The predicted octanol–water partition coefficient (Wildman–Crippen LogP) is 5.42. The summed E-state index contributed by atoms with van der Waals surface area (Å²) in [6.07, 6.45) is 9.75. The van der Waals surface area contributed by atoms with Crippen LogP contribution in [0.3, 0.4) is 0 Å². The van der Waals surface area contributed by atoms with Crippen molar-refractivity contribution >= 4 is 0 Å². The van der Waals surface area contributed by atoms with E-state index in [-0.39, 0.29) is 0 Å². The molecule has 0 aromatic rings. The Morgan fingerprint density at radius 2 is 1.64 bits per heavy atom. The molecule has 1 unspecified atom stereocenters. The van der Waals surface area contributed by atoms with Crippen molar-refractivity contribution in [3.8, 4) is 0 Å². The molecule has 0 N–H and O–H groups in total. The summed E-state index contributed by atoms with van der Waals surface area (Å²) in [6.45, 7) is 11.8. The van der Waals surface area contributed by atoms with E-state index in [9.17, 15) is 0 Å². The molecule has 0 radical (unpaired) electrons. The smallest absolute Gasteiger partial charge is 0.0354 e. The van der Waals surface area contributed by atoms with Gasteiger partial charge in [0.1, 0.15) is 0 Å². The summed E-state index contributed by atoms with van der Waals surface area (Å²) in [7, 11) is 0. The van der Waals surface area contributed by atoms with Crippen molar-refractivity contribution in [2.24, 2.45) is 11.3 Å². The van der Waals surface area contributed by atoms with E-state index in [0.717, 1.165) is 5.92 Å². The average Bonchev–Trinajstić information content (AvgIpc) is 2.14. The third-order valence-corrected chi connectivity index (χ3v) is 3.47. The largest absolute Gasteiger partial charge is 0.0654 e. The van der Waals surface area contributed by atoms with Crippen LogP contribution >= 0.6 is 0 Å². The minimum absolute atomic E-state index is 0.582. The van der Waals surface area contributed by atoms with Crippen LogP contribution in [0.25, 0.3) is 0 Å². The lowest BCUT2D eigenvalue weighted by Crippen LogP contribution is -2.12. The van der Waals surface area contributed by atoms with Gasteiger partial charge in [0.15, 0.2) is 0 Å². The normalized spacial score (nSPS) is 14.4. The Hall–Kier alpha value is 0. The minimum Gasteiger partial charge on any atom is -0.0654 e. The highest BCUT2D eigenvalue weighted by Crippen LogP contribution is 2.31. The maximum Gasteiger partial charge on any atom is -0.0354 e. The van der Waals surface area contributed by atoms with Gasteiger partial charge in [-0.3, -0.25) is 0 Å². The molecule has 0 nitrogen and oxygen atoms in total. The van der Waals surface area contributed by atoms with Gasteiger partial charge in [-0.25, -0.2) is 0 Å². The van der Waals surface area contributed by atoms with Gasteiger partial charge in [0, 0.05) is 0 Å². The molecular formula is C14H30. The molecule has 0 bridgehead atoms. The summed E-state index contributed by atoms with van der Waals surface area (Å²) >= 11 is 0. The minimum atomic E-state index is 0.582. The Kier molecular flexibility index (Phi) is 7.31. The van der Waals surface area contributed by atoms with Gasteiger partial charge in [-0.15, -0.1) is 0 Å². The van der Waals surface area contributed by atoms with Gasteiger partial charge >= 0.3 is 0 Å². The third-order valence-electron chi connectivity index (χ3n) is 3.47. The van der Waals surface area contributed by atoms with Crippen LogP contribution in [0.15, 0.2) is 0 Å². The monoisotopic (exact) mass is 198 g/mol. The van der Waals surface area contributed by atoms with Crippen LogP contribution in [0.5, 0.6) is 0 Å². The maximum absolute atomic E-state index is 2.44. The molecule has 0 aromatic carbocycles. The number of hydrogen-bond acceptors (Lipinski definition) is 0. The van der Waals surface area contributed by atoms with Crippen molar-refractivity contribution in [1.82, 2.24) is 0 Å². The quantitative estimate of drug-likeness (QED) is 0.457. The molecule has 0 aromatic heterocycles.